The minimum atomic E-state index is 0.675. The summed E-state index contributed by atoms with van der Waals surface area (Å²) in [4.78, 5) is 6.93. The van der Waals surface area contributed by atoms with Gasteiger partial charge in [0.2, 0.25) is 0 Å². The van der Waals surface area contributed by atoms with Crippen molar-refractivity contribution in [3.63, 3.8) is 0 Å². The molecule has 2 aromatic rings. The number of nitrogens with zero attached hydrogens (tertiary/aromatic N) is 3. The van der Waals surface area contributed by atoms with Gasteiger partial charge in [-0.25, -0.2) is 4.98 Å². The second-order valence-electron chi connectivity index (χ2n) is 5.32. The maximum absolute atomic E-state index is 9.24. The third kappa shape index (κ3) is 2.73. The van der Waals surface area contributed by atoms with E-state index in [1.165, 1.54) is 12.8 Å². The first-order valence-electron chi connectivity index (χ1n) is 7.02. The van der Waals surface area contributed by atoms with E-state index in [4.69, 9.17) is 0 Å². The lowest BCUT2D eigenvalue weighted by atomic mass is 10.1. The number of pyridine rings is 1. The summed E-state index contributed by atoms with van der Waals surface area (Å²) in [5.41, 5.74) is 1.54. The van der Waals surface area contributed by atoms with Crippen LogP contribution in [0.1, 0.15) is 18.4 Å². The van der Waals surface area contributed by atoms with Crippen molar-refractivity contribution < 1.29 is 0 Å². The van der Waals surface area contributed by atoms with Gasteiger partial charge in [-0.15, -0.1) is 0 Å². The van der Waals surface area contributed by atoms with E-state index in [2.05, 4.69) is 28.3 Å². The lowest BCUT2D eigenvalue weighted by molar-refractivity contribution is 0.337. The first kappa shape index (κ1) is 12.9. The van der Waals surface area contributed by atoms with Crippen LogP contribution in [0.3, 0.4) is 0 Å². The average molecular weight is 266 g/mol. The summed E-state index contributed by atoms with van der Waals surface area (Å²) >= 11 is 0. The highest BCUT2D eigenvalue weighted by atomic mass is 15.2. The van der Waals surface area contributed by atoms with E-state index in [0.29, 0.717) is 5.56 Å². The summed E-state index contributed by atoms with van der Waals surface area (Å²) in [6, 6.07) is 12.6. The summed E-state index contributed by atoms with van der Waals surface area (Å²) in [7, 11) is 2.16. The summed E-state index contributed by atoms with van der Waals surface area (Å²) in [6.07, 6.45) is 2.65. The molecule has 0 radical (unpaired) electrons. The molecule has 1 heterocycles. The van der Waals surface area contributed by atoms with Gasteiger partial charge < -0.3 is 10.2 Å². The van der Waals surface area contributed by atoms with Gasteiger partial charge >= 0.3 is 0 Å². The van der Waals surface area contributed by atoms with Crippen LogP contribution in [0.5, 0.6) is 0 Å². The van der Waals surface area contributed by atoms with E-state index < -0.39 is 0 Å². The summed E-state index contributed by atoms with van der Waals surface area (Å²) in [6.45, 7) is 1.85. The van der Waals surface area contributed by atoms with Crippen LogP contribution < -0.4 is 5.32 Å². The molecule has 0 aliphatic heterocycles. The Kier molecular flexibility index (Phi) is 3.53. The number of nitriles is 1. The second-order valence-corrected chi connectivity index (χ2v) is 5.32. The molecule has 1 aliphatic rings. The molecule has 0 bridgehead atoms. The lowest BCUT2D eigenvalue weighted by Crippen LogP contribution is -2.27. The Hall–Kier alpha value is -2.12. The number of anilines is 1. The largest absolute Gasteiger partial charge is 0.369 e. The molecular weight excluding hydrogens is 248 g/mol. The molecule has 20 heavy (non-hydrogen) atoms. The van der Waals surface area contributed by atoms with Crippen LogP contribution in [0, 0.1) is 11.3 Å². The van der Waals surface area contributed by atoms with Crippen molar-refractivity contribution in [1.82, 2.24) is 9.88 Å². The first-order chi connectivity index (χ1) is 9.78. The number of likely N-dealkylation sites (N-methyl/N-ethyl adjacent to an activating group) is 1. The number of fused-ring (bicyclic) bond motifs is 1. The average Bonchev–Trinajstić information content (AvgIpc) is 3.31. The van der Waals surface area contributed by atoms with Gasteiger partial charge in [0, 0.05) is 24.5 Å². The topological polar surface area (TPSA) is 52.0 Å². The molecule has 4 heteroatoms. The fourth-order valence-corrected chi connectivity index (χ4v) is 2.42. The number of benzene rings is 1. The Bertz CT molecular complexity index is 655. The minimum Gasteiger partial charge on any atom is -0.369 e. The molecule has 0 spiro atoms. The van der Waals surface area contributed by atoms with E-state index in [0.717, 1.165) is 35.9 Å². The smallest absolute Gasteiger partial charge is 0.128 e. The van der Waals surface area contributed by atoms with Crippen LogP contribution in [0.4, 0.5) is 5.82 Å². The molecule has 102 valence electrons. The van der Waals surface area contributed by atoms with Gasteiger partial charge in [-0.1, -0.05) is 18.2 Å². The van der Waals surface area contributed by atoms with Gasteiger partial charge in [-0.05, 0) is 32.0 Å². The monoisotopic (exact) mass is 266 g/mol. The Balaban J connectivity index is 1.73. The SMILES string of the molecule is CN(CCNc1cc(C#N)c2ccccc2n1)C1CC1. The highest BCUT2D eigenvalue weighted by Crippen LogP contribution is 2.25. The zero-order valence-corrected chi connectivity index (χ0v) is 11.6. The molecule has 1 aliphatic carbocycles. The van der Waals surface area contributed by atoms with Crippen molar-refractivity contribution in [2.75, 3.05) is 25.5 Å². The molecule has 0 saturated heterocycles. The minimum absolute atomic E-state index is 0.675. The van der Waals surface area contributed by atoms with Crippen LogP contribution in [-0.4, -0.2) is 36.1 Å². The molecular formula is C16H18N4. The molecule has 0 amide bonds. The van der Waals surface area contributed by atoms with Crippen LogP contribution in [0.15, 0.2) is 30.3 Å². The quantitative estimate of drug-likeness (QED) is 0.904. The molecule has 1 fully saturated rings. The fourth-order valence-electron chi connectivity index (χ4n) is 2.42. The number of rotatable bonds is 5. The molecule has 3 rings (SSSR count). The Morgan fingerprint density at radius 2 is 2.20 bits per heavy atom. The van der Waals surface area contributed by atoms with Gasteiger partial charge in [0.1, 0.15) is 5.82 Å². The van der Waals surface area contributed by atoms with Gasteiger partial charge in [-0.3, -0.25) is 0 Å². The molecule has 1 aromatic carbocycles. The maximum Gasteiger partial charge on any atom is 0.128 e. The van der Waals surface area contributed by atoms with Gasteiger partial charge in [0.15, 0.2) is 0 Å². The number of hydrogen-bond acceptors (Lipinski definition) is 4. The number of nitrogens with one attached hydrogen (secondary N) is 1. The molecule has 0 unspecified atom stereocenters. The Morgan fingerprint density at radius 3 is 2.95 bits per heavy atom. The van der Waals surface area contributed by atoms with Crippen molar-refractivity contribution in [2.45, 2.75) is 18.9 Å². The van der Waals surface area contributed by atoms with E-state index in [9.17, 15) is 5.26 Å². The molecule has 1 aromatic heterocycles. The normalized spacial score (nSPS) is 14.4. The zero-order chi connectivity index (χ0) is 13.9. The highest BCUT2D eigenvalue weighted by molar-refractivity contribution is 5.86. The molecule has 1 saturated carbocycles. The standard InChI is InChI=1S/C16H18N4/c1-20(13-6-7-13)9-8-18-16-10-12(11-17)14-4-2-3-5-15(14)19-16/h2-5,10,13H,6-9H2,1H3,(H,18,19). The third-order valence-electron chi connectivity index (χ3n) is 3.78. The van der Waals surface area contributed by atoms with E-state index in [-0.39, 0.29) is 0 Å². The predicted molar refractivity (Wildman–Crippen MR) is 80.6 cm³/mol. The van der Waals surface area contributed by atoms with Crippen LogP contribution in [0.2, 0.25) is 0 Å². The van der Waals surface area contributed by atoms with Crippen LogP contribution >= 0.6 is 0 Å². The third-order valence-corrected chi connectivity index (χ3v) is 3.78. The van der Waals surface area contributed by atoms with Crippen molar-refractivity contribution in [3.8, 4) is 6.07 Å². The molecule has 1 N–H and O–H groups in total. The van der Waals surface area contributed by atoms with Crippen molar-refractivity contribution in [2.24, 2.45) is 0 Å². The van der Waals surface area contributed by atoms with Crippen LogP contribution in [0.25, 0.3) is 10.9 Å². The van der Waals surface area contributed by atoms with Gasteiger partial charge in [0.25, 0.3) is 0 Å². The van der Waals surface area contributed by atoms with Gasteiger partial charge in [-0.2, -0.15) is 5.26 Å². The molecule has 4 nitrogen and oxygen atoms in total. The van der Waals surface area contributed by atoms with E-state index in [1.807, 2.05) is 30.3 Å². The summed E-state index contributed by atoms with van der Waals surface area (Å²) in [5, 5.41) is 13.5. The Morgan fingerprint density at radius 1 is 1.40 bits per heavy atom. The predicted octanol–water partition coefficient (Wildman–Crippen LogP) is 2.61. The first-order valence-corrected chi connectivity index (χ1v) is 7.02. The lowest BCUT2D eigenvalue weighted by Gasteiger charge is -2.16. The van der Waals surface area contributed by atoms with E-state index in [1.54, 1.807) is 0 Å². The summed E-state index contributed by atoms with van der Waals surface area (Å²) < 4.78 is 0. The zero-order valence-electron chi connectivity index (χ0n) is 11.6. The van der Waals surface area contributed by atoms with Crippen molar-refractivity contribution in [1.29, 1.82) is 5.26 Å². The van der Waals surface area contributed by atoms with Crippen molar-refractivity contribution >= 4 is 16.7 Å². The fraction of sp³-hybridized carbons (Fsp3) is 0.375. The molecule has 0 atom stereocenters. The van der Waals surface area contributed by atoms with E-state index >= 15 is 0 Å². The number of hydrogen-bond donors (Lipinski definition) is 1. The van der Waals surface area contributed by atoms with Crippen molar-refractivity contribution in [3.05, 3.63) is 35.9 Å². The highest BCUT2D eigenvalue weighted by Gasteiger charge is 2.25. The Labute approximate surface area is 119 Å². The number of aromatic nitrogens is 1. The van der Waals surface area contributed by atoms with Crippen LogP contribution in [-0.2, 0) is 0 Å². The number of para-hydroxylation sites is 1. The second kappa shape index (κ2) is 5.48. The summed E-state index contributed by atoms with van der Waals surface area (Å²) in [5.74, 6) is 0.782. The maximum atomic E-state index is 9.24. The van der Waals surface area contributed by atoms with Gasteiger partial charge in [0.05, 0.1) is 17.1 Å².